The number of fused-ring (bicyclic) bond motifs is 4. The molecule has 3 atom stereocenters. The van der Waals surface area contributed by atoms with Gasteiger partial charge in [0.05, 0.1) is 22.6 Å². The summed E-state index contributed by atoms with van der Waals surface area (Å²) in [6.07, 6.45) is 3.22. The van der Waals surface area contributed by atoms with Gasteiger partial charge in [-0.25, -0.2) is 22.4 Å². The second-order valence-corrected chi connectivity index (χ2v) is 28.6. The van der Waals surface area contributed by atoms with E-state index in [4.69, 9.17) is 29.0 Å². The lowest BCUT2D eigenvalue weighted by Crippen LogP contribution is -2.63. The minimum absolute atomic E-state index is 0.000835. The smallest absolute Gasteiger partial charge is 0.411 e. The Balaban J connectivity index is 1.35. The first kappa shape index (κ1) is 55.6. The van der Waals surface area contributed by atoms with Crippen molar-refractivity contribution in [2.24, 2.45) is 5.41 Å². The van der Waals surface area contributed by atoms with Crippen LogP contribution in [0.1, 0.15) is 126 Å². The van der Waals surface area contributed by atoms with Gasteiger partial charge in [-0.2, -0.15) is 9.97 Å². The molecule has 0 radical (unpaired) electrons. The molecule has 3 fully saturated rings. The van der Waals surface area contributed by atoms with Crippen LogP contribution in [0.2, 0.25) is 16.6 Å². The van der Waals surface area contributed by atoms with E-state index in [2.05, 4.69) is 58.0 Å². The number of hydrogen-bond donors (Lipinski definition) is 1. The second kappa shape index (κ2) is 21.6. The molecule has 3 heterocycles. The van der Waals surface area contributed by atoms with Crippen LogP contribution in [0.5, 0.6) is 11.8 Å². The van der Waals surface area contributed by atoms with Crippen LogP contribution < -0.4 is 14.4 Å². The SMILES string of the molecule is COCOc1cc(-c2c(F)cc3c(N4C[C@H]5CC[C@@](C)(C4)N5C(=O)OC(C)(C)C)nc(OC[C@]4(CN(C)CCCCCCC(=O)O)CC4(F)F)nc3c2F)c2c(C#C[Si](C(C)C)(C(C)C)C(C)C)cccc2c1. The first-order chi connectivity index (χ1) is 34.3. The van der Waals surface area contributed by atoms with Crippen molar-refractivity contribution in [3.8, 4) is 34.4 Å². The number of carboxylic acids is 1. The summed E-state index contributed by atoms with van der Waals surface area (Å²) in [4.78, 5) is 39.5. The molecule has 4 aromatic rings. The van der Waals surface area contributed by atoms with E-state index in [1.54, 1.807) is 24.1 Å². The van der Waals surface area contributed by atoms with Crippen molar-refractivity contribution in [2.75, 3.05) is 58.6 Å². The normalized spacial score (nSPS) is 20.6. The minimum atomic E-state index is -3.06. The van der Waals surface area contributed by atoms with E-state index >= 15 is 17.6 Å². The number of ether oxygens (including phenoxy) is 4. The topological polar surface area (TPSA) is 127 Å². The Morgan fingerprint density at radius 1 is 0.986 bits per heavy atom. The predicted molar refractivity (Wildman–Crippen MR) is 280 cm³/mol. The number of carbonyl (C=O) groups excluding carboxylic acids is 1. The third-order valence-electron chi connectivity index (χ3n) is 15.4. The summed E-state index contributed by atoms with van der Waals surface area (Å²) < 4.78 is 89.9. The Bertz CT molecular complexity index is 2740. The van der Waals surface area contributed by atoms with Crippen LogP contribution in [0.3, 0.4) is 0 Å². The van der Waals surface area contributed by atoms with E-state index in [9.17, 15) is 9.59 Å². The molecule has 1 saturated carbocycles. The number of methoxy groups -OCH3 is 1. The average Bonchev–Trinajstić information content (AvgIpc) is 3.75. The second-order valence-electron chi connectivity index (χ2n) is 23.0. The van der Waals surface area contributed by atoms with E-state index in [1.807, 2.05) is 55.7 Å². The number of aromatic nitrogens is 2. The Kier molecular flexibility index (Phi) is 16.4. The molecule has 398 valence electrons. The quantitative estimate of drug-likeness (QED) is 0.0299. The van der Waals surface area contributed by atoms with Crippen molar-refractivity contribution < 1.29 is 51.2 Å². The molecule has 2 bridgehead atoms. The molecule has 0 spiro atoms. The van der Waals surface area contributed by atoms with Gasteiger partial charge in [0.1, 0.15) is 43.2 Å². The standard InChI is InChI=1S/C56H75F4N5O7Si/c1-35(2)73(36(3)4,37(5)6)25-22-38-18-17-19-39-26-41(71-34-69-12)27-42(46(38)39)47-44(57)28-43-49(48(47)58)61-51(70-33-55(30-56(55,59)60)32-63(11)24-16-14-13-15-20-45(66)67)62-50(43)64-29-40-21-23-54(10,31-64)65(40)52(68)72-53(7,8)9/h17-19,26-28,35-37,40H,13-16,20-21,23-24,29-34H2,1-12H3,(H,66,67)/t40-,54+,55-/m1/s1. The van der Waals surface area contributed by atoms with Crippen LogP contribution in [0.25, 0.3) is 32.8 Å². The molecule has 1 aromatic heterocycles. The maximum Gasteiger partial charge on any atom is 0.411 e. The zero-order valence-electron chi connectivity index (χ0n) is 44.8. The van der Waals surface area contributed by atoms with Crippen molar-refractivity contribution in [3.63, 3.8) is 0 Å². The van der Waals surface area contributed by atoms with Gasteiger partial charge < -0.3 is 33.9 Å². The van der Waals surface area contributed by atoms with Crippen LogP contribution in [0.4, 0.5) is 28.2 Å². The van der Waals surface area contributed by atoms with Gasteiger partial charge in [0.2, 0.25) is 0 Å². The molecule has 3 aromatic carbocycles. The first-order valence-electron chi connectivity index (χ1n) is 25.9. The van der Waals surface area contributed by atoms with E-state index < -0.39 is 67.3 Å². The number of hydrogen-bond acceptors (Lipinski definition) is 10. The Morgan fingerprint density at radius 3 is 2.29 bits per heavy atom. The van der Waals surface area contributed by atoms with Gasteiger partial charge >= 0.3 is 18.1 Å². The lowest BCUT2D eigenvalue weighted by Gasteiger charge is -2.47. The third-order valence-corrected chi connectivity index (χ3v) is 21.7. The van der Waals surface area contributed by atoms with Crippen molar-refractivity contribution in [1.29, 1.82) is 0 Å². The number of rotatable bonds is 20. The Morgan fingerprint density at radius 2 is 1.67 bits per heavy atom. The first-order valence-corrected chi connectivity index (χ1v) is 28.1. The number of anilines is 1. The molecule has 12 nitrogen and oxygen atoms in total. The number of benzene rings is 3. The van der Waals surface area contributed by atoms with Gasteiger partial charge in [-0.3, -0.25) is 9.69 Å². The molecular formula is C56H75F4N5O7Si. The number of aliphatic carboxylic acids is 1. The van der Waals surface area contributed by atoms with Crippen LogP contribution in [0, 0.1) is 28.5 Å². The Hall–Kier alpha value is -5.18. The van der Waals surface area contributed by atoms with Crippen molar-refractivity contribution >= 4 is 47.6 Å². The number of alkyl halides is 2. The number of piperazine rings is 1. The fourth-order valence-corrected chi connectivity index (χ4v) is 17.1. The van der Waals surface area contributed by atoms with E-state index in [1.165, 1.54) is 13.2 Å². The number of carboxylic acid groups (broad SMARTS) is 1. The van der Waals surface area contributed by atoms with Gasteiger partial charge in [0.25, 0.3) is 5.92 Å². The van der Waals surface area contributed by atoms with E-state index in [0.717, 1.165) is 12.8 Å². The summed E-state index contributed by atoms with van der Waals surface area (Å²) in [6, 6.07) is 9.50. The van der Waals surface area contributed by atoms with Gasteiger partial charge in [0, 0.05) is 61.5 Å². The monoisotopic (exact) mass is 1030 g/mol. The van der Waals surface area contributed by atoms with Crippen molar-refractivity contribution in [2.45, 2.75) is 160 Å². The number of unbranched alkanes of at least 4 members (excludes halogenated alkanes) is 3. The predicted octanol–water partition coefficient (Wildman–Crippen LogP) is 12.6. The van der Waals surface area contributed by atoms with Gasteiger partial charge in [0.15, 0.2) is 12.6 Å². The molecular weight excluding hydrogens is 959 g/mol. The molecule has 2 aliphatic heterocycles. The van der Waals surface area contributed by atoms with Gasteiger partial charge in [-0.15, -0.1) is 5.54 Å². The fourth-order valence-electron chi connectivity index (χ4n) is 11.9. The summed E-state index contributed by atoms with van der Waals surface area (Å²) in [5.74, 6) is -1.83. The average molecular weight is 1030 g/mol. The largest absolute Gasteiger partial charge is 0.481 e. The fraction of sp³-hybridized carbons (Fsp3) is 0.607. The molecule has 1 aliphatic carbocycles. The van der Waals surface area contributed by atoms with Crippen LogP contribution >= 0.6 is 0 Å². The molecule has 1 amide bonds. The van der Waals surface area contributed by atoms with E-state index in [-0.39, 0.29) is 72.7 Å². The van der Waals surface area contributed by atoms with Gasteiger partial charge in [-0.1, -0.05) is 72.4 Å². The number of halogens is 4. The molecule has 2 saturated heterocycles. The molecule has 0 unspecified atom stereocenters. The lowest BCUT2D eigenvalue weighted by atomic mass is 9.92. The van der Waals surface area contributed by atoms with E-state index in [0.29, 0.717) is 70.9 Å². The zero-order valence-corrected chi connectivity index (χ0v) is 45.8. The highest BCUT2D eigenvalue weighted by Gasteiger charge is 2.72. The number of nitrogens with zero attached hydrogens (tertiary/aromatic N) is 5. The van der Waals surface area contributed by atoms with Gasteiger partial charge in [-0.05, 0) is 113 Å². The van der Waals surface area contributed by atoms with Crippen molar-refractivity contribution in [3.05, 3.63) is 53.6 Å². The lowest BCUT2D eigenvalue weighted by molar-refractivity contribution is -0.137. The highest BCUT2D eigenvalue weighted by molar-refractivity contribution is 6.90. The van der Waals surface area contributed by atoms with Crippen LogP contribution in [-0.4, -0.2) is 122 Å². The molecule has 17 heteroatoms. The highest BCUT2D eigenvalue weighted by atomic mass is 28.3. The summed E-state index contributed by atoms with van der Waals surface area (Å²) in [5, 5.41) is 10.2. The Labute approximate surface area is 429 Å². The molecule has 7 rings (SSSR count). The maximum absolute atomic E-state index is 18.1. The van der Waals surface area contributed by atoms with Crippen LogP contribution in [0.15, 0.2) is 36.4 Å². The zero-order chi connectivity index (χ0) is 53.4. The molecule has 3 aliphatic rings. The van der Waals surface area contributed by atoms with Crippen molar-refractivity contribution in [1.82, 2.24) is 19.8 Å². The summed E-state index contributed by atoms with van der Waals surface area (Å²) >= 11 is 0. The third kappa shape index (κ3) is 11.6. The van der Waals surface area contributed by atoms with Crippen LogP contribution in [-0.2, 0) is 14.3 Å². The molecule has 73 heavy (non-hydrogen) atoms. The summed E-state index contributed by atoms with van der Waals surface area (Å²) in [6.45, 7) is 21.1. The highest BCUT2D eigenvalue weighted by Crippen LogP contribution is 2.61. The number of amides is 1. The maximum atomic E-state index is 18.1. The molecule has 1 N–H and O–H groups in total. The summed E-state index contributed by atoms with van der Waals surface area (Å²) in [7, 11) is 0.973. The summed E-state index contributed by atoms with van der Waals surface area (Å²) in [5.41, 5.74) is 1.82. The number of carbonyl (C=O) groups is 2. The minimum Gasteiger partial charge on any atom is -0.481 e.